The normalized spacial score (nSPS) is 10.9. The number of ether oxygens (including phenoxy) is 1. The van der Waals surface area contributed by atoms with Crippen LogP contribution < -0.4 is 0 Å². The Labute approximate surface area is 137 Å². The van der Waals surface area contributed by atoms with E-state index in [1.165, 1.54) is 44.9 Å². The maximum absolute atomic E-state index is 11.5. The predicted octanol–water partition coefficient (Wildman–Crippen LogP) is 5.80. The number of carbonyl (C=O) groups is 2. The molecule has 0 amide bonds. The largest absolute Gasteiger partial charge is 0.393 e. The second kappa shape index (κ2) is 15.1. The summed E-state index contributed by atoms with van der Waals surface area (Å²) >= 11 is 0. The molecule has 0 rings (SSSR count). The van der Waals surface area contributed by atoms with Gasteiger partial charge in [0, 0.05) is 12.8 Å². The first-order valence-corrected chi connectivity index (χ1v) is 9.29. The summed E-state index contributed by atoms with van der Waals surface area (Å²) in [7, 11) is 0. The summed E-state index contributed by atoms with van der Waals surface area (Å²) in [6.07, 6.45) is 13.5. The maximum Gasteiger partial charge on any atom is 0.313 e. The molecule has 0 heterocycles. The van der Waals surface area contributed by atoms with E-state index in [0.29, 0.717) is 18.8 Å². The van der Waals surface area contributed by atoms with Gasteiger partial charge in [0.15, 0.2) is 0 Å². The van der Waals surface area contributed by atoms with E-state index in [1.54, 1.807) is 0 Å². The van der Waals surface area contributed by atoms with Gasteiger partial charge in [0.2, 0.25) is 0 Å². The van der Waals surface area contributed by atoms with Crippen molar-refractivity contribution in [3.05, 3.63) is 0 Å². The second-order valence-corrected chi connectivity index (χ2v) is 6.71. The Hall–Kier alpha value is -0.860. The Balaban J connectivity index is 3.36. The molecule has 130 valence electrons. The van der Waals surface area contributed by atoms with Gasteiger partial charge in [-0.05, 0) is 18.8 Å². The lowest BCUT2D eigenvalue weighted by atomic mass is 10.1. The average molecular weight is 312 g/mol. The van der Waals surface area contributed by atoms with E-state index in [4.69, 9.17) is 4.74 Å². The molecule has 3 heteroatoms. The van der Waals surface area contributed by atoms with Gasteiger partial charge in [-0.15, -0.1) is 0 Å². The summed E-state index contributed by atoms with van der Waals surface area (Å²) in [6, 6.07) is 0. The molecule has 0 saturated carbocycles. The first kappa shape index (κ1) is 21.1. The number of rotatable bonds is 14. The molecule has 22 heavy (non-hydrogen) atoms. The first-order valence-electron chi connectivity index (χ1n) is 9.29. The minimum Gasteiger partial charge on any atom is -0.393 e. The Morgan fingerprint density at radius 2 is 1.18 bits per heavy atom. The maximum atomic E-state index is 11.5. The minimum absolute atomic E-state index is 0.350. The summed E-state index contributed by atoms with van der Waals surface area (Å²) in [5.74, 6) is -0.121. The van der Waals surface area contributed by atoms with Crippen LogP contribution in [-0.4, -0.2) is 11.9 Å². The minimum atomic E-state index is -0.360. The van der Waals surface area contributed by atoms with E-state index < -0.39 is 0 Å². The Morgan fingerprint density at radius 1 is 0.727 bits per heavy atom. The van der Waals surface area contributed by atoms with E-state index in [-0.39, 0.29) is 11.9 Å². The van der Waals surface area contributed by atoms with E-state index in [2.05, 4.69) is 20.8 Å². The van der Waals surface area contributed by atoms with Gasteiger partial charge in [-0.25, -0.2) is 0 Å². The van der Waals surface area contributed by atoms with Crippen LogP contribution in [0.2, 0.25) is 0 Å². The van der Waals surface area contributed by atoms with Crippen molar-refractivity contribution in [3.63, 3.8) is 0 Å². The van der Waals surface area contributed by atoms with Crippen molar-refractivity contribution < 1.29 is 14.3 Å². The van der Waals surface area contributed by atoms with Crippen LogP contribution in [0.1, 0.15) is 104 Å². The van der Waals surface area contributed by atoms with Crippen LogP contribution in [0.15, 0.2) is 0 Å². The third-order valence-electron chi connectivity index (χ3n) is 3.87. The molecule has 0 radical (unpaired) electrons. The highest BCUT2D eigenvalue weighted by Gasteiger charge is 2.10. The van der Waals surface area contributed by atoms with Gasteiger partial charge in [0.05, 0.1) is 0 Å². The number of hydrogen-bond donors (Lipinski definition) is 0. The molecule has 0 aromatic heterocycles. The molecule has 0 aromatic rings. The molecule has 0 atom stereocenters. The monoisotopic (exact) mass is 312 g/mol. The molecule has 0 aliphatic carbocycles. The topological polar surface area (TPSA) is 43.4 Å². The summed E-state index contributed by atoms with van der Waals surface area (Å²) in [5, 5.41) is 0. The zero-order valence-electron chi connectivity index (χ0n) is 15.0. The van der Waals surface area contributed by atoms with Crippen LogP contribution in [0.5, 0.6) is 0 Å². The quantitative estimate of drug-likeness (QED) is 0.231. The van der Waals surface area contributed by atoms with E-state index in [0.717, 1.165) is 25.7 Å². The van der Waals surface area contributed by atoms with Crippen LogP contribution in [-0.2, 0) is 14.3 Å². The summed E-state index contributed by atoms with van der Waals surface area (Å²) in [6.45, 7) is 6.48. The third kappa shape index (κ3) is 15.5. The molecule has 0 fully saturated rings. The number of carbonyl (C=O) groups excluding carboxylic acids is 2. The molecule has 3 nitrogen and oxygen atoms in total. The van der Waals surface area contributed by atoms with E-state index in [9.17, 15) is 9.59 Å². The predicted molar refractivity (Wildman–Crippen MR) is 91.6 cm³/mol. The van der Waals surface area contributed by atoms with Crippen LogP contribution >= 0.6 is 0 Å². The van der Waals surface area contributed by atoms with E-state index >= 15 is 0 Å². The molecule has 0 unspecified atom stereocenters. The zero-order chi connectivity index (χ0) is 16.6. The molecule has 0 bridgehead atoms. The molecular formula is C19H36O3. The fourth-order valence-corrected chi connectivity index (χ4v) is 2.46. The summed E-state index contributed by atoms with van der Waals surface area (Å²) in [5.41, 5.74) is 0. The lowest BCUT2D eigenvalue weighted by molar-refractivity contribution is -0.159. The highest BCUT2D eigenvalue weighted by molar-refractivity contribution is 5.85. The van der Waals surface area contributed by atoms with Gasteiger partial charge in [0.1, 0.15) is 0 Å². The van der Waals surface area contributed by atoms with Crippen molar-refractivity contribution in [1.82, 2.24) is 0 Å². The first-order chi connectivity index (χ1) is 10.6. The fraction of sp³-hybridized carbons (Fsp3) is 0.895. The molecule has 0 N–H and O–H groups in total. The summed E-state index contributed by atoms with van der Waals surface area (Å²) < 4.78 is 4.83. The van der Waals surface area contributed by atoms with Gasteiger partial charge in [-0.1, -0.05) is 78.6 Å². The van der Waals surface area contributed by atoms with Crippen LogP contribution in [0.25, 0.3) is 0 Å². The smallest absolute Gasteiger partial charge is 0.313 e. The lowest BCUT2D eigenvalue weighted by Gasteiger charge is -2.05. The van der Waals surface area contributed by atoms with Gasteiger partial charge in [-0.2, -0.15) is 0 Å². The molecule has 0 aliphatic rings. The SMILES string of the molecule is CCCCCCCCCCCC(=O)OC(=O)CCCC(C)C. The molecule has 0 aliphatic heterocycles. The van der Waals surface area contributed by atoms with Crippen molar-refractivity contribution in [2.45, 2.75) is 104 Å². The second-order valence-electron chi connectivity index (χ2n) is 6.71. The summed E-state index contributed by atoms with van der Waals surface area (Å²) in [4.78, 5) is 23.0. The lowest BCUT2D eigenvalue weighted by Crippen LogP contribution is -2.12. The molecular weight excluding hydrogens is 276 g/mol. The van der Waals surface area contributed by atoms with Gasteiger partial charge in [0.25, 0.3) is 0 Å². The fourth-order valence-electron chi connectivity index (χ4n) is 2.46. The van der Waals surface area contributed by atoms with E-state index in [1.807, 2.05) is 0 Å². The molecule has 0 spiro atoms. The highest BCUT2D eigenvalue weighted by atomic mass is 16.6. The van der Waals surface area contributed by atoms with Crippen molar-refractivity contribution in [2.75, 3.05) is 0 Å². The zero-order valence-corrected chi connectivity index (χ0v) is 15.0. The molecule has 0 aromatic carbocycles. The Bertz CT molecular complexity index is 284. The average Bonchev–Trinajstić information content (AvgIpc) is 2.45. The van der Waals surface area contributed by atoms with Gasteiger partial charge >= 0.3 is 11.9 Å². The molecule has 0 saturated heterocycles. The van der Waals surface area contributed by atoms with Crippen molar-refractivity contribution in [2.24, 2.45) is 5.92 Å². The number of esters is 2. The highest BCUT2D eigenvalue weighted by Crippen LogP contribution is 2.11. The van der Waals surface area contributed by atoms with Crippen molar-refractivity contribution >= 4 is 11.9 Å². The third-order valence-corrected chi connectivity index (χ3v) is 3.87. The Morgan fingerprint density at radius 3 is 1.68 bits per heavy atom. The Kier molecular flexibility index (Phi) is 14.5. The van der Waals surface area contributed by atoms with Crippen molar-refractivity contribution in [3.8, 4) is 0 Å². The van der Waals surface area contributed by atoms with Crippen LogP contribution in [0.4, 0.5) is 0 Å². The van der Waals surface area contributed by atoms with Gasteiger partial charge in [-0.3, -0.25) is 9.59 Å². The number of unbranched alkanes of at least 4 members (excludes halogenated alkanes) is 8. The van der Waals surface area contributed by atoms with Gasteiger partial charge < -0.3 is 4.74 Å². The van der Waals surface area contributed by atoms with Crippen LogP contribution in [0, 0.1) is 5.92 Å². The van der Waals surface area contributed by atoms with Crippen molar-refractivity contribution in [1.29, 1.82) is 0 Å². The van der Waals surface area contributed by atoms with Crippen LogP contribution in [0.3, 0.4) is 0 Å². The standard InChI is InChI=1S/C19H36O3/c1-4-5-6-7-8-9-10-11-12-15-18(20)22-19(21)16-13-14-17(2)3/h17H,4-16H2,1-3H3. The number of hydrogen-bond acceptors (Lipinski definition) is 3.